The van der Waals surface area contributed by atoms with Crippen molar-refractivity contribution < 1.29 is 19.1 Å². The number of carbonyl (C=O) groups is 2. The second kappa shape index (κ2) is 12.3. The molecule has 0 saturated heterocycles. The molecule has 0 radical (unpaired) electrons. The van der Waals surface area contributed by atoms with Gasteiger partial charge in [-0.25, -0.2) is 10.9 Å². The minimum Gasteiger partial charge on any atom is -0.484 e. The summed E-state index contributed by atoms with van der Waals surface area (Å²) in [6.07, 6.45) is 2.45. The summed E-state index contributed by atoms with van der Waals surface area (Å²) in [5.41, 5.74) is 4.56. The average Bonchev–Trinajstić information content (AvgIpc) is 2.69. The zero-order chi connectivity index (χ0) is 20.2. The van der Waals surface area contributed by atoms with Crippen molar-refractivity contribution in [3.63, 3.8) is 0 Å². The van der Waals surface area contributed by atoms with Gasteiger partial charge in [0.25, 0.3) is 11.8 Å². The van der Waals surface area contributed by atoms with Crippen molar-refractivity contribution in [3.05, 3.63) is 55.7 Å². The molecular formula is C18H16I2N4O4. The van der Waals surface area contributed by atoms with E-state index in [1.165, 1.54) is 12.4 Å². The molecule has 10 heteroatoms. The molecule has 2 rings (SSSR count). The maximum atomic E-state index is 11.6. The summed E-state index contributed by atoms with van der Waals surface area (Å²) in [4.78, 5) is 23.2. The summed E-state index contributed by atoms with van der Waals surface area (Å²) in [6.45, 7) is -0.330. The molecule has 8 nitrogen and oxygen atoms in total. The van der Waals surface area contributed by atoms with E-state index in [0.717, 1.165) is 7.14 Å². The Morgan fingerprint density at radius 1 is 0.750 bits per heavy atom. The van der Waals surface area contributed by atoms with Crippen LogP contribution in [-0.4, -0.2) is 37.5 Å². The highest BCUT2D eigenvalue weighted by Gasteiger charge is 2.02. The standard InChI is InChI=1S/C18H16I2N4O4/c19-13-1-5-15(6-2-13)27-11-17(25)23-21-9-10-22-24-18(26)12-28-16-7-3-14(20)4-8-16/h1-10H,11-12H2,(H,23,25)(H,24,26)/b21-9-,22-10-. The third kappa shape index (κ3) is 9.12. The van der Waals surface area contributed by atoms with Crippen molar-refractivity contribution >= 4 is 69.4 Å². The number of ether oxygens (including phenoxy) is 2. The molecule has 2 N–H and O–H groups in total. The van der Waals surface area contributed by atoms with Crippen molar-refractivity contribution in [1.29, 1.82) is 0 Å². The lowest BCUT2D eigenvalue weighted by atomic mass is 10.3. The fraction of sp³-hybridized carbons (Fsp3) is 0.111. The molecule has 0 spiro atoms. The van der Waals surface area contributed by atoms with Crippen LogP contribution >= 0.6 is 45.2 Å². The van der Waals surface area contributed by atoms with Crippen LogP contribution in [0.2, 0.25) is 0 Å². The number of benzene rings is 2. The van der Waals surface area contributed by atoms with Gasteiger partial charge in [0.2, 0.25) is 0 Å². The number of carbonyl (C=O) groups excluding carboxylic acids is 2. The normalized spacial score (nSPS) is 10.8. The van der Waals surface area contributed by atoms with E-state index in [1.54, 1.807) is 24.3 Å². The first-order valence-electron chi connectivity index (χ1n) is 7.92. The van der Waals surface area contributed by atoms with Crippen molar-refractivity contribution in [2.45, 2.75) is 0 Å². The Morgan fingerprint density at radius 3 is 1.46 bits per heavy atom. The van der Waals surface area contributed by atoms with Crippen LogP contribution in [0.3, 0.4) is 0 Å². The highest BCUT2D eigenvalue weighted by atomic mass is 127. The topological polar surface area (TPSA) is 101 Å². The first-order valence-corrected chi connectivity index (χ1v) is 10.1. The SMILES string of the molecule is O=C(COc1ccc(I)cc1)N/N=C\C=N/NC(=O)COc1ccc(I)cc1. The van der Waals surface area contributed by atoms with Gasteiger partial charge in [-0.2, -0.15) is 10.2 Å². The van der Waals surface area contributed by atoms with Gasteiger partial charge in [0, 0.05) is 7.14 Å². The highest BCUT2D eigenvalue weighted by Crippen LogP contribution is 2.13. The summed E-state index contributed by atoms with van der Waals surface area (Å²) < 4.78 is 12.8. The molecule has 146 valence electrons. The fourth-order valence-electron chi connectivity index (χ4n) is 1.71. The Balaban J connectivity index is 1.59. The average molecular weight is 606 g/mol. The van der Waals surface area contributed by atoms with Gasteiger partial charge in [-0.1, -0.05) is 0 Å². The van der Waals surface area contributed by atoms with Crippen molar-refractivity contribution in [1.82, 2.24) is 10.9 Å². The minimum atomic E-state index is -0.418. The predicted octanol–water partition coefficient (Wildman–Crippen LogP) is 2.56. The Morgan fingerprint density at radius 2 is 1.11 bits per heavy atom. The summed E-state index contributed by atoms with van der Waals surface area (Å²) in [6, 6.07) is 14.6. The number of nitrogens with zero attached hydrogens (tertiary/aromatic N) is 2. The van der Waals surface area contributed by atoms with E-state index in [-0.39, 0.29) is 13.2 Å². The van der Waals surface area contributed by atoms with Gasteiger partial charge in [0.1, 0.15) is 11.5 Å². The van der Waals surface area contributed by atoms with Crippen LogP contribution in [0.25, 0.3) is 0 Å². The second-order valence-electron chi connectivity index (χ2n) is 5.11. The van der Waals surface area contributed by atoms with Crippen molar-refractivity contribution in [2.24, 2.45) is 10.2 Å². The van der Waals surface area contributed by atoms with E-state index in [9.17, 15) is 9.59 Å². The monoisotopic (exact) mass is 606 g/mol. The summed E-state index contributed by atoms with van der Waals surface area (Å²) in [5, 5.41) is 7.32. The first-order chi connectivity index (χ1) is 13.5. The number of amides is 2. The van der Waals surface area contributed by atoms with Crippen LogP contribution in [0.15, 0.2) is 58.7 Å². The van der Waals surface area contributed by atoms with E-state index in [2.05, 4.69) is 66.2 Å². The lowest BCUT2D eigenvalue weighted by Gasteiger charge is -2.04. The van der Waals surface area contributed by atoms with Gasteiger partial charge in [-0.15, -0.1) is 0 Å². The molecule has 0 saturated carbocycles. The Hall–Kier alpha value is -2.22. The van der Waals surface area contributed by atoms with Crippen LogP contribution in [0, 0.1) is 7.14 Å². The second-order valence-corrected chi connectivity index (χ2v) is 7.60. The zero-order valence-corrected chi connectivity index (χ0v) is 18.8. The number of hydrazone groups is 2. The third-order valence-corrected chi connectivity index (χ3v) is 4.40. The van der Waals surface area contributed by atoms with E-state index in [4.69, 9.17) is 9.47 Å². The number of hydrogen-bond donors (Lipinski definition) is 2. The van der Waals surface area contributed by atoms with Gasteiger partial charge in [0.05, 0.1) is 12.4 Å². The summed E-state index contributed by atoms with van der Waals surface area (Å²) in [7, 11) is 0. The Kier molecular flexibility index (Phi) is 9.68. The fourth-order valence-corrected chi connectivity index (χ4v) is 2.43. The van der Waals surface area contributed by atoms with E-state index in [0.29, 0.717) is 11.5 Å². The molecule has 0 atom stereocenters. The maximum Gasteiger partial charge on any atom is 0.277 e. The molecule has 2 amide bonds. The molecule has 0 bridgehead atoms. The summed E-state index contributed by atoms with van der Waals surface area (Å²) in [5.74, 6) is 0.351. The molecule has 0 aliphatic heterocycles. The predicted molar refractivity (Wildman–Crippen MR) is 123 cm³/mol. The molecular weight excluding hydrogens is 590 g/mol. The maximum absolute atomic E-state index is 11.6. The summed E-state index contributed by atoms with van der Waals surface area (Å²) >= 11 is 4.36. The number of hydrogen-bond acceptors (Lipinski definition) is 6. The molecule has 0 aromatic heterocycles. The molecule has 2 aromatic rings. The van der Waals surface area contributed by atoms with E-state index in [1.807, 2.05) is 24.3 Å². The third-order valence-electron chi connectivity index (χ3n) is 2.96. The molecule has 0 aliphatic rings. The largest absolute Gasteiger partial charge is 0.484 e. The van der Waals surface area contributed by atoms with E-state index >= 15 is 0 Å². The Bertz CT molecular complexity index is 768. The van der Waals surface area contributed by atoms with Crippen LogP contribution in [0.1, 0.15) is 0 Å². The lowest BCUT2D eigenvalue weighted by molar-refractivity contribution is -0.123. The van der Waals surface area contributed by atoms with Gasteiger partial charge in [-0.3, -0.25) is 9.59 Å². The highest BCUT2D eigenvalue weighted by molar-refractivity contribution is 14.1. The van der Waals surface area contributed by atoms with Gasteiger partial charge >= 0.3 is 0 Å². The van der Waals surface area contributed by atoms with Gasteiger partial charge in [0.15, 0.2) is 13.2 Å². The van der Waals surface area contributed by atoms with Crippen molar-refractivity contribution in [3.8, 4) is 11.5 Å². The Labute approximate surface area is 189 Å². The van der Waals surface area contributed by atoms with Crippen LogP contribution in [-0.2, 0) is 9.59 Å². The van der Waals surface area contributed by atoms with E-state index < -0.39 is 11.8 Å². The van der Waals surface area contributed by atoms with Crippen LogP contribution in [0.5, 0.6) is 11.5 Å². The molecule has 0 aliphatic carbocycles. The van der Waals surface area contributed by atoms with Crippen LogP contribution < -0.4 is 20.3 Å². The lowest BCUT2D eigenvalue weighted by Crippen LogP contribution is -2.25. The molecule has 0 heterocycles. The minimum absolute atomic E-state index is 0.165. The number of rotatable bonds is 9. The quantitative estimate of drug-likeness (QED) is 0.261. The van der Waals surface area contributed by atoms with Crippen LogP contribution in [0.4, 0.5) is 0 Å². The first kappa shape index (κ1) is 22.1. The zero-order valence-electron chi connectivity index (χ0n) is 14.5. The molecule has 0 fully saturated rings. The van der Waals surface area contributed by atoms with Gasteiger partial charge < -0.3 is 9.47 Å². The number of nitrogens with one attached hydrogen (secondary N) is 2. The van der Waals surface area contributed by atoms with Gasteiger partial charge in [-0.05, 0) is 93.7 Å². The molecule has 2 aromatic carbocycles. The smallest absolute Gasteiger partial charge is 0.277 e. The number of halogens is 2. The molecule has 28 heavy (non-hydrogen) atoms. The van der Waals surface area contributed by atoms with Crippen molar-refractivity contribution in [2.75, 3.05) is 13.2 Å². The molecule has 0 unspecified atom stereocenters.